The lowest BCUT2D eigenvalue weighted by Gasteiger charge is -2.17. The van der Waals surface area contributed by atoms with Gasteiger partial charge in [-0.3, -0.25) is 0 Å². The van der Waals surface area contributed by atoms with Gasteiger partial charge < -0.3 is 10.2 Å². The summed E-state index contributed by atoms with van der Waals surface area (Å²) in [6.07, 6.45) is 0. The number of rotatable bonds is 3. The molecule has 1 aromatic heterocycles. The summed E-state index contributed by atoms with van der Waals surface area (Å²) in [4.78, 5) is 2.12. The molecule has 1 aromatic carbocycles. The van der Waals surface area contributed by atoms with Crippen LogP contribution in [0.5, 0.6) is 0 Å². The summed E-state index contributed by atoms with van der Waals surface area (Å²) in [6.45, 7) is 0. The molecule has 0 unspecified atom stereocenters. The Hall–Kier alpha value is -1.19. The van der Waals surface area contributed by atoms with Crippen LogP contribution < -0.4 is 10.2 Å². The van der Waals surface area contributed by atoms with Crippen molar-refractivity contribution in [2.75, 3.05) is 24.3 Å². The molecular formula is C12H13ClN2S. The van der Waals surface area contributed by atoms with Gasteiger partial charge in [0.05, 0.1) is 9.34 Å². The maximum absolute atomic E-state index is 5.92. The molecule has 84 valence electrons. The van der Waals surface area contributed by atoms with E-state index in [0.717, 1.165) is 20.7 Å². The van der Waals surface area contributed by atoms with Crippen molar-refractivity contribution in [3.8, 4) is 0 Å². The summed E-state index contributed by atoms with van der Waals surface area (Å²) in [7, 11) is 3.95. The van der Waals surface area contributed by atoms with Gasteiger partial charge in [-0.15, -0.1) is 11.3 Å². The highest BCUT2D eigenvalue weighted by Gasteiger charge is 2.06. The van der Waals surface area contributed by atoms with E-state index >= 15 is 0 Å². The topological polar surface area (TPSA) is 15.3 Å². The normalized spacial score (nSPS) is 10.2. The number of halogens is 1. The maximum atomic E-state index is 5.92. The minimum absolute atomic E-state index is 0.814. The van der Waals surface area contributed by atoms with Gasteiger partial charge in [-0.2, -0.15) is 0 Å². The summed E-state index contributed by atoms with van der Waals surface area (Å²) in [5, 5.41) is 4.24. The van der Waals surface area contributed by atoms with Gasteiger partial charge in [0.1, 0.15) is 0 Å². The minimum atomic E-state index is 0.814. The predicted octanol–water partition coefficient (Wildman–Crippen LogP) is 4.21. The van der Waals surface area contributed by atoms with Crippen molar-refractivity contribution in [2.45, 2.75) is 0 Å². The molecule has 2 rings (SSSR count). The van der Waals surface area contributed by atoms with Gasteiger partial charge in [-0.05, 0) is 36.4 Å². The van der Waals surface area contributed by atoms with Crippen molar-refractivity contribution in [1.29, 1.82) is 0 Å². The van der Waals surface area contributed by atoms with Crippen LogP contribution in [0.4, 0.5) is 16.4 Å². The minimum Gasteiger partial charge on any atom is -0.388 e. The van der Waals surface area contributed by atoms with E-state index in [4.69, 9.17) is 11.6 Å². The van der Waals surface area contributed by atoms with Crippen molar-refractivity contribution in [2.24, 2.45) is 0 Å². The van der Waals surface area contributed by atoms with E-state index in [1.54, 1.807) is 11.3 Å². The van der Waals surface area contributed by atoms with Crippen LogP contribution in [0.15, 0.2) is 36.4 Å². The fourth-order valence-corrected chi connectivity index (χ4v) is 2.48. The maximum Gasteiger partial charge on any atom is 0.0966 e. The second-order valence-electron chi connectivity index (χ2n) is 3.43. The standard InChI is InChI=1S/C12H13ClN2S/c1-14-9-3-5-10(6-4-9)15(2)12-8-7-11(13)16-12/h3-8,14H,1-2H3. The molecule has 1 heterocycles. The van der Waals surface area contributed by atoms with Gasteiger partial charge in [0.15, 0.2) is 0 Å². The average Bonchev–Trinajstić information content (AvgIpc) is 2.75. The van der Waals surface area contributed by atoms with E-state index in [9.17, 15) is 0 Å². The van der Waals surface area contributed by atoms with E-state index < -0.39 is 0 Å². The van der Waals surface area contributed by atoms with Crippen LogP contribution in [0.2, 0.25) is 4.34 Å². The molecule has 0 aliphatic carbocycles. The molecule has 0 radical (unpaired) electrons. The molecule has 0 saturated heterocycles. The number of thiophene rings is 1. The number of anilines is 3. The van der Waals surface area contributed by atoms with Crippen molar-refractivity contribution in [3.05, 3.63) is 40.7 Å². The molecule has 0 fully saturated rings. The van der Waals surface area contributed by atoms with E-state index in [1.807, 2.05) is 26.2 Å². The number of benzene rings is 1. The van der Waals surface area contributed by atoms with Crippen molar-refractivity contribution in [1.82, 2.24) is 0 Å². The van der Waals surface area contributed by atoms with Crippen molar-refractivity contribution >= 4 is 39.3 Å². The van der Waals surface area contributed by atoms with E-state index in [2.05, 4.69) is 34.5 Å². The molecular weight excluding hydrogens is 240 g/mol. The molecule has 1 N–H and O–H groups in total. The molecule has 0 amide bonds. The number of hydrogen-bond acceptors (Lipinski definition) is 3. The highest BCUT2D eigenvalue weighted by Crippen LogP contribution is 2.33. The summed E-state index contributed by atoms with van der Waals surface area (Å²) in [5.74, 6) is 0. The van der Waals surface area contributed by atoms with E-state index in [-0.39, 0.29) is 0 Å². The summed E-state index contributed by atoms with van der Waals surface area (Å²) in [5.41, 5.74) is 2.26. The monoisotopic (exact) mass is 252 g/mol. The third-order valence-corrected chi connectivity index (χ3v) is 3.74. The van der Waals surface area contributed by atoms with Gasteiger partial charge in [-0.1, -0.05) is 11.6 Å². The van der Waals surface area contributed by atoms with Crippen LogP contribution in [0.25, 0.3) is 0 Å². The van der Waals surface area contributed by atoms with Crippen LogP contribution in [-0.2, 0) is 0 Å². The van der Waals surface area contributed by atoms with Gasteiger partial charge in [0, 0.05) is 25.5 Å². The third-order valence-electron chi connectivity index (χ3n) is 2.43. The Balaban J connectivity index is 2.23. The highest BCUT2D eigenvalue weighted by atomic mass is 35.5. The average molecular weight is 253 g/mol. The molecule has 4 heteroatoms. The Morgan fingerprint density at radius 3 is 2.31 bits per heavy atom. The van der Waals surface area contributed by atoms with Crippen LogP contribution >= 0.6 is 22.9 Å². The molecule has 0 spiro atoms. The molecule has 2 aromatic rings. The number of nitrogens with zero attached hydrogens (tertiary/aromatic N) is 1. The molecule has 2 nitrogen and oxygen atoms in total. The summed E-state index contributed by atoms with van der Waals surface area (Å²) < 4.78 is 0.814. The van der Waals surface area contributed by atoms with Crippen LogP contribution in [0, 0.1) is 0 Å². The first-order chi connectivity index (χ1) is 7.70. The second-order valence-corrected chi connectivity index (χ2v) is 5.13. The quantitative estimate of drug-likeness (QED) is 0.880. The zero-order chi connectivity index (χ0) is 11.5. The Labute approximate surface area is 104 Å². The first-order valence-corrected chi connectivity index (χ1v) is 6.17. The Morgan fingerprint density at radius 1 is 1.12 bits per heavy atom. The summed E-state index contributed by atoms with van der Waals surface area (Å²) in [6, 6.07) is 12.2. The Bertz CT molecular complexity index is 464. The zero-order valence-corrected chi connectivity index (χ0v) is 10.8. The van der Waals surface area contributed by atoms with Crippen LogP contribution in [0.1, 0.15) is 0 Å². The molecule has 0 aliphatic rings. The smallest absolute Gasteiger partial charge is 0.0966 e. The highest BCUT2D eigenvalue weighted by molar-refractivity contribution is 7.20. The molecule has 16 heavy (non-hydrogen) atoms. The van der Waals surface area contributed by atoms with Gasteiger partial charge >= 0.3 is 0 Å². The molecule has 0 aliphatic heterocycles. The number of nitrogens with one attached hydrogen (secondary N) is 1. The first-order valence-electron chi connectivity index (χ1n) is 4.97. The predicted molar refractivity (Wildman–Crippen MR) is 73.4 cm³/mol. The second kappa shape index (κ2) is 4.76. The van der Waals surface area contributed by atoms with E-state index in [1.165, 1.54) is 0 Å². The van der Waals surface area contributed by atoms with Crippen molar-refractivity contribution < 1.29 is 0 Å². The lowest BCUT2D eigenvalue weighted by Crippen LogP contribution is -2.07. The molecule has 0 bridgehead atoms. The largest absolute Gasteiger partial charge is 0.388 e. The number of hydrogen-bond donors (Lipinski definition) is 1. The first kappa shape index (κ1) is 11.3. The molecule has 0 atom stereocenters. The van der Waals surface area contributed by atoms with E-state index in [0.29, 0.717) is 0 Å². The van der Waals surface area contributed by atoms with Crippen molar-refractivity contribution in [3.63, 3.8) is 0 Å². The zero-order valence-electron chi connectivity index (χ0n) is 9.20. The lowest BCUT2D eigenvalue weighted by atomic mass is 10.2. The lowest BCUT2D eigenvalue weighted by molar-refractivity contribution is 1.24. The fraction of sp³-hybridized carbons (Fsp3) is 0.167. The van der Waals surface area contributed by atoms with Gasteiger partial charge in [0.25, 0.3) is 0 Å². The molecule has 0 saturated carbocycles. The van der Waals surface area contributed by atoms with Crippen LogP contribution in [-0.4, -0.2) is 14.1 Å². The van der Waals surface area contributed by atoms with Crippen LogP contribution in [0.3, 0.4) is 0 Å². The van der Waals surface area contributed by atoms with Gasteiger partial charge in [0.2, 0.25) is 0 Å². The third kappa shape index (κ3) is 2.31. The SMILES string of the molecule is CNc1ccc(N(C)c2ccc(Cl)s2)cc1. The Kier molecular flexibility index (Phi) is 3.36. The summed E-state index contributed by atoms with van der Waals surface area (Å²) >= 11 is 7.50. The fourth-order valence-electron chi connectivity index (χ4n) is 1.46. The van der Waals surface area contributed by atoms with Gasteiger partial charge in [-0.25, -0.2) is 0 Å². The Morgan fingerprint density at radius 2 is 1.81 bits per heavy atom.